The van der Waals surface area contributed by atoms with E-state index in [1.165, 1.54) is 5.57 Å². The molecule has 5 atom stereocenters. The zero-order chi connectivity index (χ0) is 12.5. The van der Waals surface area contributed by atoms with Gasteiger partial charge in [0.15, 0.2) is 0 Å². The predicted molar refractivity (Wildman–Crippen MR) is 67.7 cm³/mol. The molecule has 0 unspecified atom stereocenters. The Morgan fingerprint density at radius 1 is 1.29 bits per heavy atom. The van der Waals surface area contributed by atoms with Crippen molar-refractivity contribution in [2.45, 2.75) is 70.2 Å². The Kier molecular flexibility index (Phi) is 2.18. The second kappa shape index (κ2) is 3.16. The molecule has 2 aliphatic carbocycles. The molecule has 3 aliphatic rings. The van der Waals surface area contributed by atoms with Gasteiger partial charge in [0.05, 0.1) is 11.7 Å². The molecule has 2 saturated carbocycles. The summed E-state index contributed by atoms with van der Waals surface area (Å²) >= 11 is 0. The van der Waals surface area contributed by atoms with Crippen LogP contribution < -0.4 is 0 Å². The Morgan fingerprint density at radius 3 is 2.59 bits per heavy atom. The fraction of sp³-hybridized carbons (Fsp3) is 0.867. The summed E-state index contributed by atoms with van der Waals surface area (Å²) in [6, 6.07) is 0. The summed E-state index contributed by atoms with van der Waals surface area (Å²) in [6.45, 7) is 10.5. The average Bonchev–Trinajstić information content (AvgIpc) is 2.75. The first kappa shape index (κ1) is 11.7. The molecule has 3 fully saturated rings. The summed E-state index contributed by atoms with van der Waals surface area (Å²) in [6.07, 6.45) is 5.61. The van der Waals surface area contributed by atoms with Crippen molar-refractivity contribution in [1.82, 2.24) is 0 Å². The highest BCUT2D eigenvalue weighted by Gasteiger charge is 2.74. The van der Waals surface area contributed by atoms with Crippen molar-refractivity contribution in [3.63, 3.8) is 0 Å². The van der Waals surface area contributed by atoms with Gasteiger partial charge in [-0.25, -0.2) is 0 Å². The second-order valence-corrected chi connectivity index (χ2v) is 6.89. The topological polar surface area (TPSA) is 32.8 Å². The Labute approximate surface area is 104 Å². The fourth-order valence-corrected chi connectivity index (χ4v) is 4.61. The van der Waals surface area contributed by atoms with Gasteiger partial charge in [-0.3, -0.25) is 0 Å². The standard InChI is InChI=1S/C15H24O2/c1-10(2)11-5-8-15(9-11)13(3,16)7-6-12-14(15,4)17-12/h11-12,16H,1,5-9H2,2-4H3/t11-,12+,13+,14+,15+/m1/s1. The maximum absolute atomic E-state index is 10.9. The van der Waals surface area contributed by atoms with E-state index in [1.54, 1.807) is 0 Å². The van der Waals surface area contributed by atoms with E-state index in [0.29, 0.717) is 12.0 Å². The van der Waals surface area contributed by atoms with Gasteiger partial charge in [0.2, 0.25) is 0 Å². The van der Waals surface area contributed by atoms with Crippen LogP contribution in [0.5, 0.6) is 0 Å². The molecule has 17 heavy (non-hydrogen) atoms. The summed E-state index contributed by atoms with van der Waals surface area (Å²) < 4.78 is 5.98. The third kappa shape index (κ3) is 1.29. The monoisotopic (exact) mass is 236 g/mol. The van der Waals surface area contributed by atoms with Crippen LogP contribution in [0.25, 0.3) is 0 Å². The van der Waals surface area contributed by atoms with Crippen molar-refractivity contribution in [2.24, 2.45) is 11.3 Å². The Balaban J connectivity index is 1.96. The average molecular weight is 236 g/mol. The van der Waals surface area contributed by atoms with Crippen LogP contribution in [0.3, 0.4) is 0 Å². The molecule has 0 aromatic rings. The van der Waals surface area contributed by atoms with E-state index in [4.69, 9.17) is 4.74 Å². The van der Waals surface area contributed by atoms with Crippen molar-refractivity contribution in [3.05, 3.63) is 12.2 Å². The third-order valence-electron chi connectivity index (χ3n) is 6.03. The zero-order valence-corrected chi connectivity index (χ0v) is 11.3. The minimum atomic E-state index is -0.570. The molecule has 1 heterocycles. The summed E-state index contributed by atoms with van der Waals surface area (Å²) in [5, 5.41) is 10.9. The lowest BCUT2D eigenvalue weighted by Crippen LogP contribution is -2.56. The van der Waals surface area contributed by atoms with Gasteiger partial charge in [-0.1, -0.05) is 12.2 Å². The summed E-state index contributed by atoms with van der Waals surface area (Å²) in [5.74, 6) is 0.571. The normalized spacial score (nSPS) is 56.9. The zero-order valence-electron chi connectivity index (χ0n) is 11.3. The van der Waals surface area contributed by atoms with Gasteiger partial charge >= 0.3 is 0 Å². The molecular weight excluding hydrogens is 212 g/mol. The minimum Gasteiger partial charge on any atom is -0.389 e. The maximum Gasteiger partial charge on any atom is 0.100 e. The number of rotatable bonds is 1. The van der Waals surface area contributed by atoms with E-state index in [0.717, 1.165) is 32.1 Å². The largest absolute Gasteiger partial charge is 0.389 e. The van der Waals surface area contributed by atoms with E-state index >= 15 is 0 Å². The first-order chi connectivity index (χ1) is 7.82. The number of aliphatic hydroxyl groups is 1. The van der Waals surface area contributed by atoms with Crippen molar-refractivity contribution >= 4 is 0 Å². The van der Waals surface area contributed by atoms with Crippen LogP contribution in [-0.4, -0.2) is 22.4 Å². The molecular formula is C15H24O2. The first-order valence-electron chi connectivity index (χ1n) is 6.88. The van der Waals surface area contributed by atoms with Crippen molar-refractivity contribution in [2.75, 3.05) is 0 Å². The molecule has 2 heteroatoms. The van der Waals surface area contributed by atoms with Crippen LogP contribution in [0.15, 0.2) is 12.2 Å². The number of hydrogen-bond donors (Lipinski definition) is 1. The van der Waals surface area contributed by atoms with Crippen LogP contribution in [0.4, 0.5) is 0 Å². The smallest absolute Gasteiger partial charge is 0.100 e. The summed E-state index contributed by atoms with van der Waals surface area (Å²) in [7, 11) is 0. The molecule has 0 aromatic heterocycles. The highest BCUT2D eigenvalue weighted by Crippen LogP contribution is 2.69. The van der Waals surface area contributed by atoms with Crippen molar-refractivity contribution < 1.29 is 9.84 Å². The number of hydrogen-bond acceptors (Lipinski definition) is 2. The maximum atomic E-state index is 10.9. The van der Waals surface area contributed by atoms with Crippen LogP contribution in [0, 0.1) is 11.3 Å². The van der Waals surface area contributed by atoms with Gasteiger partial charge in [-0.2, -0.15) is 0 Å². The van der Waals surface area contributed by atoms with Crippen LogP contribution >= 0.6 is 0 Å². The van der Waals surface area contributed by atoms with Crippen LogP contribution in [-0.2, 0) is 4.74 Å². The van der Waals surface area contributed by atoms with Gasteiger partial charge in [0, 0.05) is 5.41 Å². The van der Waals surface area contributed by atoms with Gasteiger partial charge in [-0.05, 0) is 58.8 Å². The molecule has 3 rings (SSSR count). The number of ether oxygens (including phenoxy) is 1. The van der Waals surface area contributed by atoms with E-state index in [2.05, 4.69) is 20.4 Å². The van der Waals surface area contributed by atoms with Gasteiger partial charge in [-0.15, -0.1) is 0 Å². The van der Waals surface area contributed by atoms with Gasteiger partial charge < -0.3 is 9.84 Å². The van der Waals surface area contributed by atoms with E-state index in [9.17, 15) is 5.11 Å². The van der Waals surface area contributed by atoms with Crippen molar-refractivity contribution in [1.29, 1.82) is 0 Å². The SMILES string of the molecule is C=C(C)[C@@H]1CC[C@]2(C1)[C@@](C)(O)CC[C@@H]1O[C@@]12C. The first-order valence-corrected chi connectivity index (χ1v) is 6.88. The van der Waals surface area contributed by atoms with Crippen LogP contribution in [0.1, 0.15) is 52.9 Å². The molecule has 96 valence electrons. The Hall–Kier alpha value is -0.340. The van der Waals surface area contributed by atoms with Gasteiger partial charge in [0.1, 0.15) is 5.60 Å². The summed E-state index contributed by atoms with van der Waals surface area (Å²) in [5.41, 5.74) is 0.591. The van der Waals surface area contributed by atoms with Crippen LogP contribution in [0.2, 0.25) is 0 Å². The molecule has 1 saturated heterocycles. The predicted octanol–water partition coefficient (Wildman–Crippen LogP) is 3.05. The Morgan fingerprint density at radius 2 is 2.00 bits per heavy atom. The minimum absolute atomic E-state index is 0.0352. The van der Waals surface area contributed by atoms with E-state index in [1.807, 2.05) is 6.92 Å². The van der Waals surface area contributed by atoms with Crippen molar-refractivity contribution in [3.8, 4) is 0 Å². The highest BCUT2D eigenvalue weighted by molar-refractivity contribution is 5.25. The van der Waals surface area contributed by atoms with Gasteiger partial charge in [0.25, 0.3) is 0 Å². The van der Waals surface area contributed by atoms with E-state index < -0.39 is 5.60 Å². The lowest BCUT2D eigenvalue weighted by molar-refractivity contribution is -0.119. The molecule has 1 aliphatic heterocycles. The number of epoxide rings is 1. The molecule has 0 aromatic carbocycles. The number of allylic oxidation sites excluding steroid dienone is 1. The fourth-order valence-electron chi connectivity index (χ4n) is 4.61. The number of fused-ring (bicyclic) bond motifs is 2. The summed E-state index contributed by atoms with van der Waals surface area (Å²) in [4.78, 5) is 0. The molecule has 0 radical (unpaired) electrons. The quantitative estimate of drug-likeness (QED) is 0.560. The molecule has 2 nitrogen and oxygen atoms in total. The molecule has 1 spiro atoms. The molecule has 0 amide bonds. The second-order valence-electron chi connectivity index (χ2n) is 6.89. The Bertz CT molecular complexity index is 366. The molecule has 1 N–H and O–H groups in total. The lowest BCUT2D eigenvalue weighted by atomic mass is 9.57. The highest BCUT2D eigenvalue weighted by atomic mass is 16.6. The molecule has 0 bridgehead atoms. The lowest BCUT2D eigenvalue weighted by Gasteiger charge is -2.49. The third-order valence-corrected chi connectivity index (χ3v) is 6.03. The van der Waals surface area contributed by atoms with E-state index in [-0.39, 0.29) is 11.0 Å².